The summed E-state index contributed by atoms with van der Waals surface area (Å²) in [6.45, 7) is 5.78. The van der Waals surface area contributed by atoms with Crippen LogP contribution < -0.4 is 0 Å². The molecular formula is C18H25NO3. The fourth-order valence-electron chi connectivity index (χ4n) is 3.46. The number of unbranched alkanes of at least 4 members (excludes halogenated alkanes) is 1. The minimum Gasteiger partial charge on any atom is -0.481 e. The van der Waals surface area contributed by atoms with Gasteiger partial charge in [0, 0.05) is 12.5 Å². The van der Waals surface area contributed by atoms with Crippen molar-refractivity contribution in [1.82, 2.24) is 4.90 Å². The van der Waals surface area contributed by atoms with Gasteiger partial charge in [0.2, 0.25) is 5.91 Å². The van der Waals surface area contributed by atoms with Crippen molar-refractivity contribution in [2.45, 2.75) is 58.5 Å². The quantitative estimate of drug-likeness (QED) is 0.873. The van der Waals surface area contributed by atoms with Crippen LogP contribution in [-0.4, -0.2) is 27.9 Å². The Morgan fingerprint density at radius 1 is 1.41 bits per heavy atom. The lowest BCUT2D eigenvalue weighted by molar-refractivity contribution is -0.149. The molecular weight excluding hydrogens is 278 g/mol. The Kier molecular flexibility index (Phi) is 4.89. The second kappa shape index (κ2) is 6.51. The molecule has 1 aromatic carbocycles. The largest absolute Gasteiger partial charge is 0.481 e. The number of hydrogen-bond acceptors (Lipinski definition) is 2. The number of likely N-dealkylation sites (tertiary alicyclic amines) is 1. The van der Waals surface area contributed by atoms with Gasteiger partial charge in [0.15, 0.2) is 0 Å². The summed E-state index contributed by atoms with van der Waals surface area (Å²) in [5.41, 5.74) is 0.0574. The first-order valence-electron chi connectivity index (χ1n) is 8.01. The highest BCUT2D eigenvalue weighted by Gasteiger charge is 2.54. The van der Waals surface area contributed by atoms with Crippen molar-refractivity contribution in [2.75, 3.05) is 0 Å². The van der Waals surface area contributed by atoms with Gasteiger partial charge >= 0.3 is 5.97 Å². The van der Waals surface area contributed by atoms with Gasteiger partial charge in [-0.2, -0.15) is 0 Å². The van der Waals surface area contributed by atoms with E-state index in [1.165, 1.54) is 0 Å². The highest BCUT2D eigenvalue weighted by atomic mass is 16.4. The third kappa shape index (κ3) is 2.87. The lowest BCUT2D eigenvalue weighted by atomic mass is 9.80. The molecule has 0 spiro atoms. The molecule has 0 aliphatic carbocycles. The number of carboxylic acid groups (broad SMARTS) is 1. The van der Waals surface area contributed by atoms with Crippen molar-refractivity contribution in [3.63, 3.8) is 0 Å². The molecule has 1 amide bonds. The van der Waals surface area contributed by atoms with Gasteiger partial charge in [-0.25, -0.2) is 0 Å². The fraction of sp³-hybridized carbons (Fsp3) is 0.556. The maximum atomic E-state index is 12.5. The normalized spacial score (nSPS) is 26.2. The van der Waals surface area contributed by atoms with Crippen molar-refractivity contribution >= 4 is 11.9 Å². The molecule has 1 aliphatic heterocycles. The summed E-state index contributed by atoms with van der Waals surface area (Å²) >= 11 is 0. The third-order valence-corrected chi connectivity index (χ3v) is 4.90. The van der Waals surface area contributed by atoms with Crippen LogP contribution in [0.15, 0.2) is 30.3 Å². The molecule has 22 heavy (non-hydrogen) atoms. The monoisotopic (exact) mass is 303 g/mol. The molecule has 1 fully saturated rings. The molecule has 3 atom stereocenters. The zero-order chi connectivity index (χ0) is 16.3. The number of carbonyl (C=O) groups excluding carboxylic acids is 1. The maximum absolute atomic E-state index is 12.5. The Morgan fingerprint density at radius 2 is 2.05 bits per heavy atom. The predicted molar refractivity (Wildman–Crippen MR) is 85.4 cm³/mol. The first kappa shape index (κ1) is 16.5. The number of carboxylic acids is 1. The van der Waals surface area contributed by atoms with Gasteiger partial charge in [-0.05, 0) is 25.8 Å². The van der Waals surface area contributed by atoms with Crippen molar-refractivity contribution < 1.29 is 14.7 Å². The fourth-order valence-corrected chi connectivity index (χ4v) is 3.46. The number of carbonyl (C=O) groups is 2. The molecule has 4 nitrogen and oxygen atoms in total. The van der Waals surface area contributed by atoms with E-state index < -0.39 is 11.4 Å². The van der Waals surface area contributed by atoms with E-state index in [0.29, 0.717) is 0 Å². The molecule has 1 aliphatic rings. The maximum Gasteiger partial charge on any atom is 0.311 e. The lowest BCUT2D eigenvalue weighted by Crippen LogP contribution is -2.44. The highest BCUT2D eigenvalue weighted by Crippen LogP contribution is 2.44. The van der Waals surface area contributed by atoms with E-state index in [9.17, 15) is 14.7 Å². The number of aliphatic carboxylic acids is 1. The predicted octanol–water partition coefficient (Wildman–Crippen LogP) is 3.63. The van der Waals surface area contributed by atoms with Gasteiger partial charge in [-0.1, -0.05) is 50.1 Å². The number of benzene rings is 1. The van der Waals surface area contributed by atoms with Crippen LogP contribution >= 0.6 is 0 Å². The smallest absolute Gasteiger partial charge is 0.311 e. The van der Waals surface area contributed by atoms with Crippen LogP contribution in [0.1, 0.15) is 58.1 Å². The molecule has 0 bridgehead atoms. The Labute approximate surface area is 132 Å². The van der Waals surface area contributed by atoms with Gasteiger partial charge in [-0.15, -0.1) is 0 Å². The highest BCUT2D eigenvalue weighted by molar-refractivity contribution is 5.90. The molecule has 1 saturated heterocycles. The second-order valence-corrected chi connectivity index (χ2v) is 6.45. The average molecular weight is 303 g/mol. The molecule has 2 rings (SSSR count). The number of amides is 1. The minimum absolute atomic E-state index is 0.0534. The molecule has 1 unspecified atom stereocenters. The standard InChI is InChI=1S/C18H25NO3/c1-4-5-11-15-18(3,17(21)22)12-16(20)19(15)13(2)14-9-7-6-8-10-14/h6-10,13,15H,4-5,11-12H2,1-3H3,(H,21,22)/t13-,15?,18+/m1/s1. The molecule has 0 aromatic heterocycles. The van der Waals surface area contributed by atoms with Gasteiger partial charge in [-0.3, -0.25) is 9.59 Å². The summed E-state index contributed by atoms with van der Waals surface area (Å²) in [7, 11) is 0. The van der Waals surface area contributed by atoms with E-state index in [4.69, 9.17) is 0 Å². The molecule has 4 heteroatoms. The minimum atomic E-state index is -0.991. The van der Waals surface area contributed by atoms with Gasteiger partial charge < -0.3 is 10.0 Å². The van der Waals surface area contributed by atoms with Crippen molar-refractivity contribution in [2.24, 2.45) is 5.41 Å². The first-order valence-corrected chi connectivity index (χ1v) is 8.01. The van der Waals surface area contributed by atoms with Crippen LogP contribution in [0.3, 0.4) is 0 Å². The lowest BCUT2D eigenvalue weighted by Gasteiger charge is -2.36. The van der Waals surface area contributed by atoms with E-state index >= 15 is 0 Å². The molecule has 0 saturated carbocycles. The average Bonchev–Trinajstić information content (AvgIpc) is 2.77. The van der Waals surface area contributed by atoms with Crippen LogP contribution in [0.4, 0.5) is 0 Å². The topological polar surface area (TPSA) is 57.6 Å². The molecule has 0 radical (unpaired) electrons. The first-order chi connectivity index (χ1) is 10.4. The SMILES string of the molecule is CCCCC1N([C@H](C)c2ccccc2)C(=O)C[C@]1(C)C(=O)O. The Morgan fingerprint density at radius 3 is 2.59 bits per heavy atom. The Balaban J connectivity index is 2.35. The van der Waals surface area contributed by atoms with Crippen LogP contribution in [0.5, 0.6) is 0 Å². The molecule has 1 N–H and O–H groups in total. The van der Waals surface area contributed by atoms with Crippen LogP contribution in [-0.2, 0) is 9.59 Å². The summed E-state index contributed by atoms with van der Waals surface area (Å²) in [5.74, 6) is -0.924. The third-order valence-electron chi connectivity index (χ3n) is 4.90. The summed E-state index contributed by atoms with van der Waals surface area (Å²) < 4.78 is 0. The summed E-state index contributed by atoms with van der Waals surface area (Å²) in [6, 6.07) is 9.48. The molecule has 120 valence electrons. The van der Waals surface area contributed by atoms with Gasteiger partial charge in [0.25, 0.3) is 0 Å². The van der Waals surface area contributed by atoms with E-state index in [-0.39, 0.29) is 24.4 Å². The van der Waals surface area contributed by atoms with Crippen LogP contribution in [0.25, 0.3) is 0 Å². The zero-order valence-electron chi connectivity index (χ0n) is 13.6. The van der Waals surface area contributed by atoms with Crippen molar-refractivity contribution in [3.05, 3.63) is 35.9 Å². The van der Waals surface area contributed by atoms with Crippen molar-refractivity contribution in [3.8, 4) is 0 Å². The van der Waals surface area contributed by atoms with E-state index in [2.05, 4.69) is 6.92 Å². The van der Waals surface area contributed by atoms with Crippen LogP contribution in [0.2, 0.25) is 0 Å². The zero-order valence-corrected chi connectivity index (χ0v) is 13.6. The number of rotatable bonds is 6. The Hall–Kier alpha value is -1.84. The van der Waals surface area contributed by atoms with Gasteiger partial charge in [0.05, 0.1) is 11.5 Å². The number of hydrogen-bond donors (Lipinski definition) is 1. The Bertz CT molecular complexity index is 543. The van der Waals surface area contributed by atoms with Gasteiger partial charge in [0.1, 0.15) is 0 Å². The summed E-state index contributed by atoms with van der Waals surface area (Å²) in [5, 5.41) is 9.65. The van der Waals surface area contributed by atoms with Crippen LogP contribution in [0, 0.1) is 5.41 Å². The summed E-state index contributed by atoms with van der Waals surface area (Å²) in [6.07, 6.45) is 2.75. The van der Waals surface area contributed by atoms with Crippen molar-refractivity contribution in [1.29, 1.82) is 0 Å². The van der Waals surface area contributed by atoms with E-state index in [1.54, 1.807) is 11.8 Å². The molecule has 1 heterocycles. The molecule has 1 aromatic rings. The number of nitrogens with zero attached hydrogens (tertiary/aromatic N) is 1. The van der Waals surface area contributed by atoms with E-state index in [0.717, 1.165) is 24.8 Å². The van der Waals surface area contributed by atoms with E-state index in [1.807, 2.05) is 37.3 Å². The second-order valence-electron chi connectivity index (χ2n) is 6.45. The summed E-state index contributed by atoms with van der Waals surface area (Å²) in [4.78, 5) is 26.1.